The molecule has 0 radical (unpaired) electrons. The number of anilines is 1. The van der Waals surface area contributed by atoms with Crippen molar-refractivity contribution in [1.82, 2.24) is 4.98 Å². The number of nitrogens with one attached hydrogen (secondary N) is 1. The van der Waals surface area contributed by atoms with Gasteiger partial charge in [-0.3, -0.25) is 4.79 Å². The van der Waals surface area contributed by atoms with Gasteiger partial charge in [0.2, 0.25) is 0 Å². The molecule has 2 aromatic carbocycles. The minimum absolute atomic E-state index is 0.222. The Morgan fingerprint density at radius 3 is 2.48 bits per heavy atom. The van der Waals surface area contributed by atoms with E-state index in [1.807, 2.05) is 49.4 Å². The van der Waals surface area contributed by atoms with Gasteiger partial charge in [-0.05, 0) is 48.9 Å². The van der Waals surface area contributed by atoms with E-state index in [0.717, 1.165) is 11.3 Å². The third-order valence-electron chi connectivity index (χ3n) is 3.23. The van der Waals surface area contributed by atoms with Crippen LogP contribution in [0.5, 0.6) is 11.5 Å². The number of ether oxygens (including phenoxy) is 1. The van der Waals surface area contributed by atoms with E-state index in [-0.39, 0.29) is 5.91 Å². The van der Waals surface area contributed by atoms with Crippen LogP contribution in [0.15, 0.2) is 72.9 Å². The molecular formula is C19H16N2O2. The number of nitrogens with zero attached hydrogens (tertiary/aromatic N) is 1. The predicted molar refractivity (Wildman–Crippen MR) is 89.9 cm³/mol. The van der Waals surface area contributed by atoms with E-state index in [0.29, 0.717) is 17.1 Å². The Kier molecular flexibility index (Phi) is 4.34. The summed E-state index contributed by atoms with van der Waals surface area (Å²) in [5.74, 6) is 1.64. The van der Waals surface area contributed by atoms with E-state index < -0.39 is 0 Å². The molecule has 114 valence electrons. The van der Waals surface area contributed by atoms with Crippen LogP contribution in [-0.4, -0.2) is 10.9 Å². The van der Waals surface area contributed by atoms with Crippen LogP contribution in [0.2, 0.25) is 0 Å². The van der Waals surface area contributed by atoms with E-state index in [4.69, 9.17) is 4.74 Å². The van der Waals surface area contributed by atoms with Crippen molar-refractivity contribution < 1.29 is 9.53 Å². The van der Waals surface area contributed by atoms with E-state index in [1.54, 1.807) is 30.5 Å². The Balaban J connectivity index is 1.73. The van der Waals surface area contributed by atoms with Gasteiger partial charge in [0, 0.05) is 11.8 Å². The van der Waals surface area contributed by atoms with Gasteiger partial charge in [-0.25, -0.2) is 4.98 Å². The van der Waals surface area contributed by atoms with Gasteiger partial charge in [-0.2, -0.15) is 0 Å². The quantitative estimate of drug-likeness (QED) is 0.775. The molecule has 0 atom stereocenters. The van der Waals surface area contributed by atoms with Crippen LogP contribution in [0.3, 0.4) is 0 Å². The second-order valence-electron chi connectivity index (χ2n) is 5.12. The SMILES string of the molecule is Cc1ccc(NC(=O)c2cccc(Oc3ccccc3)c2)nc1. The lowest BCUT2D eigenvalue weighted by molar-refractivity contribution is 0.102. The standard InChI is InChI=1S/C19H16N2O2/c1-14-10-11-18(20-13-14)21-19(22)15-6-5-9-17(12-15)23-16-7-3-2-4-8-16/h2-13H,1H3,(H,20,21,22). The lowest BCUT2D eigenvalue weighted by Gasteiger charge is -2.08. The lowest BCUT2D eigenvalue weighted by atomic mass is 10.2. The number of hydrogen-bond donors (Lipinski definition) is 1. The zero-order valence-corrected chi connectivity index (χ0v) is 12.7. The Labute approximate surface area is 134 Å². The van der Waals surface area contributed by atoms with Crippen LogP contribution in [-0.2, 0) is 0 Å². The zero-order chi connectivity index (χ0) is 16.1. The van der Waals surface area contributed by atoms with Crippen LogP contribution in [0, 0.1) is 6.92 Å². The first-order chi connectivity index (χ1) is 11.2. The zero-order valence-electron chi connectivity index (χ0n) is 12.7. The van der Waals surface area contributed by atoms with Gasteiger partial charge >= 0.3 is 0 Å². The van der Waals surface area contributed by atoms with Gasteiger partial charge in [0.25, 0.3) is 5.91 Å². The third kappa shape index (κ3) is 3.95. The number of aromatic nitrogens is 1. The molecular weight excluding hydrogens is 288 g/mol. The normalized spacial score (nSPS) is 10.1. The molecule has 4 nitrogen and oxygen atoms in total. The Hall–Kier alpha value is -3.14. The average molecular weight is 304 g/mol. The lowest BCUT2D eigenvalue weighted by Crippen LogP contribution is -2.12. The highest BCUT2D eigenvalue weighted by Gasteiger charge is 2.08. The second-order valence-corrected chi connectivity index (χ2v) is 5.12. The fourth-order valence-electron chi connectivity index (χ4n) is 2.06. The van der Waals surface area contributed by atoms with Crippen molar-refractivity contribution in [3.63, 3.8) is 0 Å². The molecule has 0 saturated heterocycles. The largest absolute Gasteiger partial charge is 0.457 e. The summed E-state index contributed by atoms with van der Waals surface area (Å²) in [6.45, 7) is 1.95. The first-order valence-electron chi connectivity index (χ1n) is 7.28. The topological polar surface area (TPSA) is 51.2 Å². The highest BCUT2D eigenvalue weighted by Crippen LogP contribution is 2.22. The van der Waals surface area contributed by atoms with Crippen molar-refractivity contribution in [3.05, 3.63) is 84.1 Å². The molecule has 0 spiro atoms. The minimum Gasteiger partial charge on any atom is -0.457 e. The van der Waals surface area contributed by atoms with E-state index in [1.165, 1.54) is 0 Å². The molecule has 1 heterocycles. The summed E-state index contributed by atoms with van der Waals surface area (Å²) in [6.07, 6.45) is 1.71. The monoisotopic (exact) mass is 304 g/mol. The summed E-state index contributed by atoms with van der Waals surface area (Å²) < 4.78 is 5.74. The van der Waals surface area contributed by atoms with Gasteiger partial charge in [-0.1, -0.05) is 30.3 Å². The third-order valence-corrected chi connectivity index (χ3v) is 3.23. The van der Waals surface area contributed by atoms with Crippen LogP contribution in [0.25, 0.3) is 0 Å². The highest BCUT2D eigenvalue weighted by molar-refractivity contribution is 6.04. The Bertz CT molecular complexity index is 799. The maximum atomic E-state index is 12.3. The van der Waals surface area contributed by atoms with Crippen molar-refractivity contribution in [2.24, 2.45) is 0 Å². The number of carbonyl (C=O) groups is 1. The number of amides is 1. The maximum Gasteiger partial charge on any atom is 0.256 e. The number of para-hydroxylation sites is 1. The molecule has 23 heavy (non-hydrogen) atoms. The molecule has 1 aromatic heterocycles. The smallest absolute Gasteiger partial charge is 0.256 e. The molecule has 4 heteroatoms. The summed E-state index contributed by atoms with van der Waals surface area (Å²) in [4.78, 5) is 16.5. The summed E-state index contributed by atoms with van der Waals surface area (Å²) in [5.41, 5.74) is 1.56. The molecule has 0 fully saturated rings. The predicted octanol–water partition coefficient (Wildman–Crippen LogP) is 4.43. The van der Waals surface area contributed by atoms with E-state index in [9.17, 15) is 4.79 Å². The Morgan fingerprint density at radius 1 is 0.957 bits per heavy atom. The number of pyridine rings is 1. The fourth-order valence-corrected chi connectivity index (χ4v) is 2.06. The van der Waals surface area contributed by atoms with Crippen molar-refractivity contribution in [2.75, 3.05) is 5.32 Å². The summed E-state index contributed by atoms with van der Waals surface area (Å²) in [6, 6.07) is 20.2. The average Bonchev–Trinajstić information content (AvgIpc) is 2.58. The van der Waals surface area contributed by atoms with Crippen LogP contribution in [0.4, 0.5) is 5.82 Å². The van der Waals surface area contributed by atoms with Crippen LogP contribution in [0.1, 0.15) is 15.9 Å². The second kappa shape index (κ2) is 6.75. The van der Waals surface area contributed by atoms with Crippen LogP contribution >= 0.6 is 0 Å². The van der Waals surface area contributed by atoms with Gasteiger partial charge in [0.05, 0.1) is 0 Å². The van der Waals surface area contributed by atoms with Gasteiger partial charge in [0.1, 0.15) is 17.3 Å². The van der Waals surface area contributed by atoms with Crippen molar-refractivity contribution >= 4 is 11.7 Å². The number of carbonyl (C=O) groups excluding carboxylic acids is 1. The van der Waals surface area contributed by atoms with Crippen molar-refractivity contribution in [2.45, 2.75) is 6.92 Å². The molecule has 0 unspecified atom stereocenters. The van der Waals surface area contributed by atoms with Crippen molar-refractivity contribution in [1.29, 1.82) is 0 Å². The number of benzene rings is 2. The number of aryl methyl sites for hydroxylation is 1. The first-order valence-corrected chi connectivity index (χ1v) is 7.28. The van der Waals surface area contributed by atoms with E-state index >= 15 is 0 Å². The summed E-state index contributed by atoms with van der Waals surface area (Å²) in [7, 11) is 0. The van der Waals surface area contributed by atoms with Gasteiger partial charge in [-0.15, -0.1) is 0 Å². The molecule has 3 rings (SSSR count). The highest BCUT2D eigenvalue weighted by atomic mass is 16.5. The maximum absolute atomic E-state index is 12.3. The number of rotatable bonds is 4. The van der Waals surface area contributed by atoms with Crippen LogP contribution < -0.4 is 10.1 Å². The molecule has 0 aliphatic rings. The summed E-state index contributed by atoms with van der Waals surface area (Å²) in [5, 5.41) is 2.77. The molecule has 1 N–H and O–H groups in total. The molecule has 1 amide bonds. The fraction of sp³-hybridized carbons (Fsp3) is 0.0526. The molecule has 0 bridgehead atoms. The molecule has 3 aromatic rings. The summed E-state index contributed by atoms with van der Waals surface area (Å²) >= 11 is 0. The first kappa shape index (κ1) is 14.8. The van der Waals surface area contributed by atoms with Gasteiger partial charge in [0.15, 0.2) is 0 Å². The number of hydrogen-bond acceptors (Lipinski definition) is 3. The Morgan fingerprint density at radius 2 is 1.74 bits per heavy atom. The minimum atomic E-state index is -0.222. The molecule has 0 saturated carbocycles. The van der Waals surface area contributed by atoms with Crippen molar-refractivity contribution in [3.8, 4) is 11.5 Å². The van der Waals surface area contributed by atoms with Gasteiger partial charge < -0.3 is 10.1 Å². The molecule has 0 aliphatic heterocycles. The van der Waals surface area contributed by atoms with E-state index in [2.05, 4.69) is 10.3 Å². The molecule has 0 aliphatic carbocycles.